The number of nitrogens with zero attached hydrogens (tertiary/aromatic N) is 1. The van der Waals surface area contributed by atoms with E-state index in [2.05, 4.69) is 5.32 Å². The van der Waals surface area contributed by atoms with Crippen LogP contribution in [0.3, 0.4) is 0 Å². The van der Waals surface area contributed by atoms with Crippen LogP contribution >= 0.6 is 0 Å². The Morgan fingerprint density at radius 3 is 2.84 bits per heavy atom. The maximum absolute atomic E-state index is 11.9. The molecule has 5 nitrogen and oxygen atoms in total. The second kappa shape index (κ2) is 6.22. The van der Waals surface area contributed by atoms with E-state index < -0.39 is 0 Å². The Morgan fingerprint density at radius 2 is 2.16 bits per heavy atom. The molecule has 1 saturated heterocycles. The quantitative estimate of drug-likeness (QED) is 0.560. The van der Waals surface area contributed by atoms with Gasteiger partial charge in [0.2, 0.25) is 0 Å². The molecular weight excluding hydrogens is 240 g/mol. The molecule has 1 atom stereocenters. The van der Waals surface area contributed by atoms with Gasteiger partial charge in [-0.05, 0) is 30.9 Å². The van der Waals surface area contributed by atoms with E-state index in [9.17, 15) is 4.79 Å². The number of nitrogens with one attached hydrogen (secondary N) is 2. The van der Waals surface area contributed by atoms with Crippen LogP contribution in [-0.2, 0) is 0 Å². The average Bonchev–Trinajstić information content (AvgIpc) is 2.46. The van der Waals surface area contributed by atoms with Crippen molar-refractivity contribution in [3.8, 4) is 0 Å². The van der Waals surface area contributed by atoms with Crippen molar-refractivity contribution in [2.45, 2.75) is 12.8 Å². The zero-order chi connectivity index (χ0) is 13.7. The van der Waals surface area contributed by atoms with Gasteiger partial charge in [-0.25, -0.2) is 0 Å². The Hall–Kier alpha value is -2.04. The summed E-state index contributed by atoms with van der Waals surface area (Å²) in [5, 5.41) is 10.4. The predicted molar refractivity (Wildman–Crippen MR) is 75.0 cm³/mol. The predicted octanol–water partition coefficient (Wildman–Crippen LogP) is 1.02. The minimum absolute atomic E-state index is 0.0412. The molecule has 102 valence electrons. The Kier molecular flexibility index (Phi) is 4.39. The third-order valence-corrected chi connectivity index (χ3v) is 3.45. The number of piperidine rings is 1. The number of nitrogens with two attached hydrogens (primary N) is 1. The highest BCUT2D eigenvalue weighted by molar-refractivity contribution is 5.94. The van der Waals surface area contributed by atoms with Gasteiger partial charge in [-0.1, -0.05) is 18.2 Å². The molecular formula is C14H20N4O. The number of guanidine groups is 1. The van der Waals surface area contributed by atoms with Gasteiger partial charge >= 0.3 is 0 Å². The lowest BCUT2D eigenvalue weighted by molar-refractivity contribution is 0.0940. The number of carbonyl (C=O) groups is 1. The maximum atomic E-state index is 11.9. The molecule has 1 unspecified atom stereocenters. The molecule has 5 heteroatoms. The molecule has 4 N–H and O–H groups in total. The van der Waals surface area contributed by atoms with Crippen LogP contribution in [0.15, 0.2) is 30.3 Å². The first-order valence-electron chi connectivity index (χ1n) is 6.59. The number of hydrogen-bond donors (Lipinski definition) is 3. The number of benzene rings is 1. The van der Waals surface area contributed by atoms with E-state index in [4.69, 9.17) is 11.1 Å². The summed E-state index contributed by atoms with van der Waals surface area (Å²) in [4.78, 5) is 13.8. The van der Waals surface area contributed by atoms with Crippen molar-refractivity contribution in [1.29, 1.82) is 5.41 Å². The highest BCUT2D eigenvalue weighted by Gasteiger charge is 2.21. The van der Waals surface area contributed by atoms with E-state index in [-0.39, 0.29) is 11.9 Å². The smallest absolute Gasteiger partial charge is 0.251 e. The van der Waals surface area contributed by atoms with Crippen molar-refractivity contribution < 1.29 is 4.79 Å². The number of rotatable bonds is 3. The molecule has 1 aliphatic rings. The molecule has 19 heavy (non-hydrogen) atoms. The summed E-state index contributed by atoms with van der Waals surface area (Å²) in [5.74, 6) is 0.449. The van der Waals surface area contributed by atoms with Crippen LogP contribution in [0, 0.1) is 11.3 Å². The van der Waals surface area contributed by atoms with E-state index in [1.165, 1.54) is 0 Å². The van der Waals surface area contributed by atoms with Crippen LogP contribution in [0.4, 0.5) is 0 Å². The van der Waals surface area contributed by atoms with Crippen molar-refractivity contribution in [2.75, 3.05) is 19.6 Å². The molecule has 1 fully saturated rings. The second-order valence-electron chi connectivity index (χ2n) is 4.92. The van der Waals surface area contributed by atoms with Gasteiger partial charge < -0.3 is 16.0 Å². The van der Waals surface area contributed by atoms with E-state index in [0.717, 1.165) is 25.9 Å². The first-order valence-corrected chi connectivity index (χ1v) is 6.59. The first-order chi connectivity index (χ1) is 9.16. The van der Waals surface area contributed by atoms with E-state index in [1.54, 1.807) is 12.1 Å². The zero-order valence-electron chi connectivity index (χ0n) is 10.9. The molecule has 0 aliphatic carbocycles. The Labute approximate surface area is 113 Å². The number of likely N-dealkylation sites (tertiary alicyclic amines) is 1. The monoisotopic (exact) mass is 260 g/mol. The van der Waals surface area contributed by atoms with Gasteiger partial charge in [0.15, 0.2) is 5.96 Å². The average molecular weight is 260 g/mol. The summed E-state index contributed by atoms with van der Waals surface area (Å²) in [6, 6.07) is 9.21. The molecule has 0 spiro atoms. The van der Waals surface area contributed by atoms with Crippen molar-refractivity contribution in [1.82, 2.24) is 10.2 Å². The molecule has 1 amide bonds. The standard InChI is InChI=1S/C14H20N4O/c15-14(16)18-8-4-5-11(10-18)9-17-13(19)12-6-2-1-3-7-12/h1-3,6-7,11H,4-5,8-10H2,(H3,15,16)(H,17,19). The van der Waals surface area contributed by atoms with E-state index in [0.29, 0.717) is 18.0 Å². The van der Waals surface area contributed by atoms with Crippen molar-refractivity contribution in [3.05, 3.63) is 35.9 Å². The van der Waals surface area contributed by atoms with E-state index in [1.807, 2.05) is 23.1 Å². The molecule has 1 heterocycles. The molecule has 0 saturated carbocycles. The van der Waals surface area contributed by atoms with Gasteiger partial charge in [-0.15, -0.1) is 0 Å². The van der Waals surface area contributed by atoms with Crippen LogP contribution in [0.2, 0.25) is 0 Å². The lowest BCUT2D eigenvalue weighted by Crippen LogP contribution is -2.46. The third-order valence-electron chi connectivity index (χ3n) is 3.45. The van der Waals surface area contributed by atoms with Crippen molar-refractivity contribution in [3.63, 3.8) is 0 Å². The van der Waals surface area contributed by atoms with Crippen LogP contribution in [0.5, 0.6) is 0 Å². The fraction of sp³-hybridized carbons (Fsp3) is 0.429. The number of carbonyl (C=O) groups excluding carboxylic acids is 1. The maximum Gasteiger partial charge on any atom is 0.251 e. The topological polar surface area (TPSA) is 82.2 Å². The highest BCUT2D eigenvalue weighted by atomic mass is 16.1. The molecule has 2 rings (SSSR count). The van der Waals surface area contributed by atoms with Gasteiger partial charge in [0.1, 0.15) is 0 Å². The largest absolute Gasteiger partial charge is 0.370 e. The lowest BCUT2D eigenvalue weighted by Gasteiger charge is -2.32. The summed E-state index contributed by atoms with van der Waals surface area (Å²) in [5.41, 5.74) is 6.18. The lowest BCUT2D eigenvalue weighted by atomic mass is 9.98. The van der Waals surface area contributed by atoms with Crippen LogP contribution in [0.25, 0.3) is 0 Å². The van der Waals surface area contributed by atoms with Crippen LogP contribution < -0.4 is 11.1 Å². The van der Waals surface area contributed by atoms with Gasteiger partial charge in [0.25, 0.3) is 5.91 Å². The summed E-state index contributed by atoms with van der Waals surface area (Å²) in [6.07, 6.45) is 2.09. The number of hydrogen-bond acceptors (Lipinski definition) is 2. The van der Waals surface area contributed by atoms with Crippen molar-refractivity contribution >= 4 is 11.9 Å². The van der Waals surface area contributed by atoms with E-state index >= 15 is 0 Å². The fourth-order valence-electron chi connectivity index (χ4n) is 2.38. The van der Waals surface area contributed by atoms with Crippen molar-refractivity contribution in [2.24, 2.45) is 11.7 Å². The molecule has 0 aromatic heterocycles. The highest BCUT2D eigenvalue weighted by Crippen LogP contribution is 2.15. The summed E-state index contributed by atoms with van der Waals surface area (Å²) in [6.45, 7) is 2.24. The molecule has 1 aromatic carbocycles. The zero-order valence-corrected chi connectivity index (χ0v) is 10.9. The SMILES string of the molecule is N=C(N)N1CCCC(CNC(=O)c2ccccc2)C1. The van der Waals surface area contributed by atoms with Crippen LogP contribution in [0.1, 0.15) is 23.2 Å². The van der Waals surface area contributed by atoms with Gasteiger partial charge in [0, 0.05) is 25.2 Å². The Morgan fingerprint density at radius 1 is 1.42 bits per heavy atom. The van der Waals surface area contributed by atoms with Crippen LogP contribution in [-0.4, -0.2) is 36.4 Å². The first kappa shape index (κ1) is 13.4. The fourth-order valence-corrected chi connectivity index (χ4v) is 2.38. The van der Waals surface area contributed by atoms with Gasteiger partial charge in [0.05, 0.1) is 0 Å². The Balaban J connectivity index is 1.82. The second-order valence-corrected chi connectivity index (χ2v) is 4.92. The van der Waals surface area contributed by atoms with Gasteiger partial charge in [-0.3, -0.25) is 10.2 Å². The molecule has 1 aliphatic heterocycles. The summed E-state index contributed by atoms with van der Waals surface area (Å²) < 4.78 is 0. The molecule has 1 aromatic rings. The number of amides is 1. The van der Waals surface area contributed by atoms with Gasteiger partial charge in [-0.2, -0.15) is 0 Å². The minimum Gasteiger partial charge on any atom is -0.370 e. The third kappa shape index (κ3) is 3.71. The summed E-state index contributed by atoms with van der Waals surface area (Å²) >= 11 is 0. The summed E-state index contributed by atoms with van der Waals surface area (Å²) in [7, 11) is 0. The minimum atomic E-state index is -0.0412. The molecule has 0 bridgehead atoms. The Bertz CT molecular complexity index is 446. The molecule has 0 radical (unpaired) electrons. The normalized spacial score (nSPS) is 18.9.